The highest BCUT2D eigenvalue weighted by atomic mass is 16.5. The lowest BCUT2D eigenvalue weighted by atomic mass is 9.99. The molecule has 2 rings (SSSR count). The number of nitrogens with one attached hydrogen (secondary N) is 1. The molecule has 0 amide bonds. The van der Waals surface area contributed by atoms with E-state index in [1.54, 1.807) is 6.26 Å². The molecule has 108 valence electrons. The average molecular weight is 267 g/mol. The van der Waals surface area contributed by atoms with Crippen LogP contribution in [0.2, 0.25) is 0 Å². The van der Waals surface area contributed by atoms with Gasteiger partial charge in [0.25, 0.3) is 6.01 Å². The van der Waals surface area contributed by atoms with E-state index >= 15 is 0 Å². The van der Waals surface area contributed by atoms with Gasteiger partial charge in [0.05, 0.1) is 30.0 Å². The Balaban J connectivity index is 2.10. The van der Waals surface area contributed by atoms with Crippen molar-refractivity contribution < 1.29 is 9.15 Å². The molecular formula is C14H25N3O2. The fraction of sp³-hybridized carbons (Fsp3) is 0.786. The summed E-state index contributed by atoms with van der Waals surface area (Å²) < 4.78 is 11.7. The first-order valence-corrected chi connectivity index (χ1v) is 6.91. The summed E-state index contributed by atoms with van der Waals surface area (Å²) >= 11 is 0. The molecule has 0 bridgehead atoms. The van der Waals surface area contributed by atoms with Gasteiger partial charge in [-0.05, 0) is 34.2 Å². The fourth-order valence-electron chi connectivity index (χ4n) is 2.70. The minimum absolute atomic E-state index is 0.196. The molecule has 1 aliphatic heterocycles. The van der Waals surface area contributed by atoms with Crippen LogP contribution in [0.3, 0.4) is 0 Å². The zero-order valence-corrected chi connectivity index (χ0v) is 12.6. The van der Waals surface area contributed by atoms with Gasteiger partial charge in [0.15, 0.2) is 0 Å². The third kappa shape index (κ3) is 3.70. The van der Waals surface area contributed by atoms with Gasteiger partial charge in [-0.1, -0.05) is 6.92 Å². The number of morpholine rings is 1. The van der Waals surface area contributed by atoms with Crippen molar-refractivity contribution in [1.29, 1.82) is 0 Å². The summed E-state index contributed by atoms with van der Waals surface area (Å²) in [5, 5.41) is 3.25. The van der Waals surface area contributed by atoms with Crippen LogP contribution in [-0.2, 0) is 11.3 Å². The highest BCUT2D eigenvalue weighted by molar-refractivity contribution is 5.30. The highest BCUT2D eigenvalue weighted by Crippen LogP contribution is 2.30. The van der Waals surface area contributed by atoms with E-state index in [-0.39, 0.29) is 11.2 Å². The molecule has 0 spiro atoms. The van der Waals surface area contributed by atoms with Crippen LogP contribution in [0.15, 0.2) is 10.7 Å². The first kappa shape index (κ1) is 14.3. The Kier molecular flexibility index (Phi) is 3.87. The van der Waals surface area contributed by atoms with Gasteiger partial charge in [0.2, 0.25) is 0 Å². The summed E-state index contributed by atoms with van der Waals surface area (Å²) in [6.07, 6.45) is 1.73. The lowest BCUT2D eigenvalue weighted by Crippen LogP contribution is -2.57. The lowest BCUT2D eigenvalue weighted by Gasteiger charge is -2.46. The van der Waals surface area contributed by atoms with E-state index in [4.69, 9.17) is 9.15 Å². The summed E-state index contributed by atoms with van der Waals surface area (Å²) in [7, 11) is 0. The van der Waals surface area contributed by atoms with Crippen molar-refractivity contribution in [3.63, 3.8) is 0 Å². The van der Waals surface area contributed by atoms with E-state index in [0.29, 0.717) is 6.01 Å². The minimum atomic E-state index is -0.196. The molecule has 0 unspecified atom stereocenters. The molecule has 0 saturated carbocycles. The Morgan fingerprint density at radius 2 is 1.89 bits per heavy atom. The molecule has 0 atom stereocenters. The maximum Gasteiger partial charge on any atom is 0.297 e. The van der Waals surface area contributed by atoms with E-state index in [1.807, 2.05) is 0 Å². The van der Waals surface area contributed by atoms with Crippen molar-refractivity contribution in [3.8, 4) is 0 Å². The van der Waals surface area contributed by atoms with Gasteiger partial charge >= 0.3 is 0 Å². The molecule has 1 aliphatic rings. The standard InChI is InChI=1S/C14H25N3O2/c1-6-15-7-11-8-18-12(16-11)17-9-13(2,3)19-14(4,5)10-17/h8,15H,6-7,9-10H2,1-5H3. The van der Waals surface area contributed by atoms with Crippen LogP contribution in [0.1, 0.15) is 40.3 Å². The fourth-order valence-corrected chi connectivity index (χ4v) is 2.70. The third-order valence-corrected chi connectivity index (χ3v) is 3.06. The average Bonchev–Trinajstić information content (AvgIpc) is 2.70. The molecule has 1 aromatic rings. The second-order valence-corrected chi connectivity index (χ2v) is 6.38. The van der Waals surface area contributed by atoms with Crippen LogP contribution < -0.4 is 10.2 Å². The van der Waals surface area contributed by atoms with Gasteiger partial charge in [0.1, 0.15) is 6.26 Å². The SMILES string of the molecule is CCNCc1coc(N2CC(C)(C)OC(C)(C)C2)n1. The quantitative estimate of drug-likeness (QED) is 0.906. The van der Waals surface area contributed by atoms with Crippen molar-refractivity contribution in [2.24, 2.45) is 0 Å². The molecule has 19 heavy (non-hydrogen) atoms. The first-order chi connectivity index (χ1) is 8.81. The van der Waals surface area contributed by atoms with Gasteiger partial charge in [-0.2, -0.15) is 4.98 Å². The van der Waals surface area contributed by atoms with Gasteiger partial charge in [-0.3, -0.25) is 0 Å². The number of hydrogen-bond donors (Lipinski definition) is 1. The first-order valence-electron chi connectivity index (χ1n) is 6.91. The smallest absolute Gasteiger partial charge is 0.297 e. The topological polar surface area (TPSA) is 50.5 Å². The van der Waals surface area contributed by atoms with Crippen LogP contribution in [0.25, 0.3) is 0 Å². The number of oxazole rings is 1. The number of rotatable bonds is 4. The molecule has 5 nitrogen and oxygen atoms in total. The maximum atomic E-state index is 6.06. The number of ether oxygens (including phenoxy) is 1. The van der Waals surface area contributed by atoms with Crippen molar-refractivity contribution in [1.82, 2.24) is 10.3 Å². The molecular weight excluding hydrogens is 242 g/mol. The Labute approximate surface area is 115 Å². The molecule has 5 heteroatoms. The molecule has 1 aromatic heterocycles. The highest BCUT2D eigenvalue weighted by Gasteiger charge is 2.39. The number of aromatic nitrogens is 1. The van der Waals surface area contributed by atoms with Crippen LogP contribution in [0.4, 0.5) is 6.01 Å². The zero-order valence-electron chi connectivity index (χ0n) is 12.6. The normalized spacial score (nSPS) is 21.6. The second-order valence-electron chi connectivity index (χ2n) is 6.38. The maximum absolute atomic E-state index is 6.06. The Hall–Kier alpha value is -1.07. The molecule has 2 heterocycles. The lowest BCUT2D eigenvalue weighted by molar-refractivity contribution is -0.134. The Morgan fingerprint density at radius 3 is 2.47 bits per heavy atom. The van der Waals surface area contributed by atoms with Crippen molar-refractivity contribution >= 4 is 6.01 Å². The van der Waals surface area contributed by atoms with Gasteiger partial charge in [-0.15, -0.1) is 0 Å². The van der Waals surface area contributed by atoms with E-state index in [1.165, 1.54) is 0 Å². The summed E-state index contributed by atoms with van der Waals surface area (Å²) in [4.78, 5) is 6.71. The summed E-state index contributed by atoms with van der Waals surface area (Å²) in [5.41, 5.74) is 0.551. The molecule has 1 fully saturated rings. The number of hydrogen-bond acceptors (Lipinski definition) is 5. The van der Waals surface area contributed by atoms with Gasteiger partial charge < -0.3 is 19.4 Å². The summed E-state index contributed by atoms with van der Waals surface area (Å²) in [5.74, 6) is 0. The molecule has 0 aromatic carbocycles. The largest absolute Gasteiger partial charge is 0.432 e. The molecule has 0 aliphatic carbocycles. The molecule has 1 saturated heterocycles. The predicted octanol–water partition coefficient (Wildman–Crippen LogP) is 2.18. The summed E-state index contributed by atoms with van der Waals surface area (Å²) in [6, 6.07) is 0.692. The van der Waals surface area contributed by atoms with Crippen molar-refractivity contribution in [2.45, 2.75) is 52.4 Å². The molecule has 0 radical (unpaired) electrons. The number of anilines is 1. The van der Waals surface area contributed by atoms with Gasteiger partial charge in [-0.25, -0.2) is 0 Å². The van der Waals surface area contributed by atoms with Crippen LogP contribution in [0, 0.1) is 0 Å². The van der Waals surface area contributed by atoms with Gasteiger partial charge in [0, 0.05) is 6.54 Å². The van der Waals surface area contributed by atoms with Crippen molar-refractivity contribution in [2.75, 3.05) is 24.5 Å². The molecule has 1 N–H and O–H groups in total. The Bertz CT molecular complexity index is 410. The van der Waals surface area contributed by atoms with E-state index < -0.39 is 0 Å². The van der Waals surface area contributed by atoms with Crippen LogP contribution in [-0.4, -0.2) is 35.8 Å². The van der Waals surface area contributed by atoms with Crippen LogP contribution in [0.5, 0.6) is 0 Å². The van der Waals surface area contributed by atoms with E-state index in [9.17, 15) is 0 Å². The number of nitrogens with zero attached hydrogens (tertiary/aromatic N) is 2. The second kappa shape index (κ2) is 5.13. The van der Waals surface area contributed by atoms with Crippen molar-refractivity contribution in [3.05, 3.63) is 12.0 Å². The summed E-state index contributed by atoms with van der Waals surface area (Å²) in [6.45, 7) is 13.7. The van der Waals surface area contributed by atoms with Crippen LogP contribution >= 0.6 is 0 Å². The predicted molar refractivity (Wildman–Crippen MR) is 75.3 cm³/mol. The Morgan fingerprint density at radius 1 is 1.26 bits per heavy atom. The zero-order chi connectivity index (χ0) is 14.1. The minimum Gasteiger partial charge on any atom is -0.432 e. The third-order valence-electron chi connectivity index (χ3n) is 3.06. The monoisotopic (exact) mass is 267 g/mol. The van der Waals surface area contributed by atoms with E-state index in [0.717, 1.165) is 31.9 Å². The van der Waals surface area contributed by atoms with E-state index in [2.05, 4.69) is 49.8 Å².